The van der Waals surface area contributed by atoms with E-state index in [0.717, 1.165) is 41.9 Å². The fourth-order valence-electron chi connectivity index (χ4n) is 4.69. The number of aliphatic hydroxyl groups is 1. The fourth-order valence-corrected chi connectivity index (χ4v) is 5.56. The van der Waals surface area contributed by atoms with Crippen LogP contribution in [0.1, 0.15) is 48.7 Å². The van der Waals surface area contributed by atoms with Gasteiger partial charge in [0.25, 0.3) is 5.91 Å². The first-order chi connectivity index (χ1) is 16.9. The van der Waals surface area contributed by atoms with Crippen molar-refractivity contribution < 1.29 is 9.90 Å². The molecular formula is C28H38N4O2S. The molecular weight excluding hydrogens is 456 g/mol. The summed E-state index contributed by atoms with van der Waals surface area (Å²) in [6.45, 7) is 7.64. The molecule has 0 radical (unpaired) electrons. The van der Waals surface area contributed by atoms with Crippen molar-refractivity contribution in [2.75, 3.05) is 23.7 Å². The molecule has 2 aromatic carbocycles. The lowest BCUT2D eigenvalue weighted by molar-refractivity contribution is 0.0825. The van der Waals surface area contributed by atoms with Crippen molar-refractivity contribution in [3.05, 3.63) is 65.4 Å². The van der Waals surface area contributed by atoms with Gasteiger partial charge < -0.3 is 24.6 Å². The van der Waals surface area contributed by atoms with E-state index in [-0.39, 0.29) is 5.91 Å². The summed E-state index contributed by atoms with van der Waals surface area (Å²) in [5.41, 5.74) is 5.23. The monoisotopic (exact) mass is 494 g/mol. The third-order valence-electron chi connectivity index (χ3n) is 7.00. The van der Waals surface area contributed by atoms with E-state index in [0.29, 0.717) is 24.6 Å². The highest BCUT2D eigenvalue weighted by Crippen LogP contribution is 2.38. The minimum absolute atomic E-state index is 0.153. The van der Waals surface area contributed by atoms with Gasteiger partial charge in [-0.2, -0.15) is 0 Å². The molecule has 1 aliphatic rings. The average molecular weight is 495 g/mol. The molecule has 3 aromatic rings. The summed E-state index contributed by atoms with van der Waals surface area (Å²) in [7, 11) is 2.07. The maximum absolute atomic E-state index is 13.6. The number of aryl methyl sites for hydroxylation is 2. The minimum atomic E-state index is -0.706. The molecule has 0 saturated heterocycles. The van der Waals surface area contributed by atoms with E-state index in [2.05, 4.69) is 53.5 Å². The van der Waals surface area contributed by atoms with Gasteiger partial charge >= 0.3 is 0 Å². The van der Waals surface area contributed by atoms with Crippen LogP contribution in [0.4, 0.5) is 5.69 Å². The molecule has 1 aliphatic heterocycles. The van der Waals surface area contributed by atoms with Gasteiger partial charge in [0.15, 0.2) is 0 Å². The van der Waals surface area contributed by atoms with E-state index in [9.17, 15) is 9.90 Å². The summed E-state index contributed by atoms with van der Waals surface area (Å²) >= 11 is 1.78. The van der Waals surface area contributed by atoms with Crippen LogP contribution >= 0.6 is 11.9 Å². The lowest BCUT2D eigenvalue weighted by atomic mass is 9.99. The number of carbonyl (C=O) groups excluding carboxylic acids is 1. The van der Waals surface area contributed by atoms with Crippen molar-refractivity contribution in [1.82, 2.24) is 15.2 Å². The highest BCUT2D eigenvalue weighted by Gasteiger charge is 2.25. The zero-order chi connectivity index (χ0) is 24.9. The van der Waals surface area contributed by atoms with Gasteiger partial charge in [0, 0.05) is 49.1 Å². The van der Waals surface area contributed by atoms with Gasteiger partial charge in [-0.15, -0.1) is 0 Å². The first kappa shape index (κ1) is 25.6. The molecule has 1 aromatic heterocycles. The van der Waals surface area contributed by atoms with Crippen LogP contribution in [-0.4, -0.2) is 53.1 Å². The van der Waals surface area contributed by atoms with Crippen molar-refractivity contribution in [2.24, 2.45) is 0 Å². The molecule has 0 saturated carbocycles. The summed E-state index contributed by atoms with van der Waals surface area (Å²) in [6.07, 6.45) is 4.10. The second-order valence-electron chi connectivity index (χ2n) is 9.47. The molecule has 0 unspecified atom stereocenters. The SMILES string of the molecule is CC[C@H](C)NC[C@@H](O)[C@H](Cc1ccccc1)NC(=O)c1cc2c3c(cn(CC)c3c1)CCSN2C. The summed E-state index contributed by atoms with van der Waals surface area (Å²) in [4.78, 5) is 13.6. The second-order valence-corrected chi connectivity index (χ2v) is 10.7. The molecule has 4 rings (SSSR count). The Morgan fingerprint density at radius 2 is 1.97 bits per heavy atom. The van der Waals surface area contributed by atoms with Crippen molar-refractivity contribution in [1.29, 1.82) is 0 Å². The van der Waals surface area contributed by atoms with E-state index in [1.165, 1.54) is 10.9 Å². The van der Waals surface area contributed by atoms with Crippen molar-refractivity contribution >= 4 is 34.4 Å². The van der Waals surface area contributed by atoms with Crippen molar-refractivity contribution in [2.45, 2.75) is 64.8 Å². The Balaban J connectivity index is 1.63. The van der Waals surface area contributed by atoms with Crippen LogP contribution in [0, 0.1) is 0 Å². The first-order valence-corrected chi connectivity index (χ1v) is 13.6. The molecule has 35 heavy (non-hydrogen) atoms. The van der Waals surface area contributed by atoms with Crippen molar-refractivity contribution in [3.8, 4) is 0 Å². The largest absolute Gasteiger partial charge is 0.390 e. The van der Waals surface area contributed by atoms with E-state index >= 15 is 0 Å². The van der Waals surface area contributed by atoms with Gasteiger partial charge in [0.05, 0.1) is 23.3 Å². The third kappa shape index (κ3) is 5.85. The lowest BCUT2D eigenvalue weighted by Crippen LogP contribution is -2.49. The predicted octanol–water partition coefficient (Wildman–Crippen LogP) is 4.39. The molecule has 0 aliphatic carbocycles. The van der Waals surface area contributed by atoms with Crippen molar-refractivity contribution in [3.63, 3.8) is 0 Å². The number of nitrogens with one attached hydrogen (secondary N) is 2. The molecule has 0 spiro atoms. The molecule has 0 bridgehead atoms. The van der Waals surface area contributed by atoms with Gasteiger partial charge in [-0.3, -0.25) is 4.79 Å². The zero-order valence-electron chi connectivity index (χ0n) is 21.3. The Morgan fingerprint density at radius 1 is 1.20 bits per heavy atom. The highest BCUT2D eigenvalue weighted by molar-refractivity contribution is 8.00. The number of aromatic nitrogens is 1. The summed E-state index contributed by atoms with van der Waals surface area (Å²) in [6, 6.07) is 13.9. The number of amides is 1. The standard InChI is InChI=1S/C28H38N4O2S/c1-5-19(3)29-17-26(33)23(14-20-10-8-7-9-11-20)30-28(34)22-15-24-27-21(12-13-35-31(24)4)18-32(6-2)25(27)16-22/h7-11,15-16,18-19,23,26,29,33H,5-6,12-14,17H2,1-4H3,(H,30,34)/t19-,23-,26+/m0/s1. The number of aliphatic hydroxyl groups excluding tert-OH is 1. The molecule has 188 valence electrons. The topological polar surface area (TPSA) is 69.5 Å². The minimum Gasteiger partial charge on any atom is -0.390 e. The smallest absolute Gasteiger partial charge is 0.251 e. The second kappa shape index (κ2) is 11.5. The zero-order valence-corrected chi connectivity index (χ0v) is 22.1. The number of benzene rings is 2. The number of carbonyl (C=O) groups is 1. The van der Waals surface area contributed by atoms with E-state index < -0.39 is 12.1 Å². The van der Waals surface area contributed by atoms with Gasteiger partial charge in [0.2, 0.25) is 0 Å². The van der Waals surface area contributed by atoms with E-state index in [1.54, 1.807) is 11.9 Å². The molecule has 7 heteroatoms. The molecule has 3 N–H and O–H groups in total. The molecule has 1 amide bonds. The number of hydrogen-bond donors (Lipinski definition) is 3. The van der Waals surface area contributed by atoms with E-state index in [1.807, 2.05) is 42.5 Å². The first-order valence-electron chi connectivity index (χ1n) is 12.7. The third-order valence-corrected chi connectivity index (χ3v) is 7.98. The molecule has 6 nitrogen and oxygen atoms in total. The Bertz CT molecular complexity index is 1150. The lowest BCUT2D eigenvalue weighted by Gasteiger charge is -2.26. The normalized spacial score (nSPS) is 16.1. The Hall–Kier alpha value is -2.48. The van der Waals surface area contributed by atoms with Crippen LogP contribution in [0.25, 0.3) is 10.9 Å². The number of anilines is 1. The molecule has 0 fully saturated rings. The number of nitrogens with zero attached hydrogens (tertiary/aromatic N) is 2. The number of hydrogen-bond acceptors (Lipinski definition) is 5. The maximum atomic E-state index is 13.6. The van der Waals surface area contributed by atoms with Crippen LogP contribution in [0.5, 0.6) is 0 Å². The van der Waals surface area contributed by atoms with Gasteiger partial charge in [-0.05, 0) is 68.3 Å². The van der Waals surface area contributed by atoms with Crippen LogP contribution < -0.4 is 14.9 Å². The Kier molecular flexibility index (Phi) is 8.42. The van der Waals surface area contributed by atoms with Gasteiger partial charge in [0.1, 0.15) is 0 Å². The Labute approximate surface area is 213 Å². The van der Waals surface area contributed by atoms with Crippen LogP contribution in [0.15, 0.2) is 48.7 Å². The quantitative estimate of drug-likeness (QED) is 0.365. The average Bonchev–Trinajstić information content (AvgIpc) is 3.15. The fraction of sp³-hybridized carbons (Fsp3) is 0.464. The maximum Gasteiger partial charge on any atom is 0.251 e. The summed E-state index contributed by atoms with van der Waals surface area (Å²) in [5, 5.41) is 18.9. The number of rotatable bonds is 10. The van der Waals surface area contributed by atoms with Gasteiger partial charge in [-0.25, -0.2) is 0 Å². The summed E-state index contributed by atoms with van der Waals surface area (Å²) in [5.74, 6) is 0.865. The van der Waals surface area contributed by atoms with Crippen LogP contribution in [0.2, 0.25) is 0 Å². The summed E-state index contributed by atoms with van der Waals surface area (Å²) < 4.78 is 4.42. The Morgan fingerprint density at radius 3 is 2.69 bits per heavy atom. The van der Waals surface area contributed by atoms with E-state index in [4.69, 9.17) is 0 Å². The van der Waals surface area contributed by atoms with Crippen LogP contribution in [0.3, 0.4) is 0 Å². The van der Waals surface area contributed by atoms with Crippen LogP contribution in [-0.2, 0) is 19.4 Å². The predicted molar refractivity (Wildman–Crippen MR) is 147 cm³/mol. The molecule has 3 atom stereocenters. The van der Waals surface area contributed by atoms with Gasteiger partial charge in [-0.1, -0.05) is 37.3 Å². The highest BCUT2D eigenvalue weighted by atomic mass is 32.2. The molecule has 2 heterocycles.